The topological polar surface area (TPSA) is 87.5 Å². The molecule has 0 atom stereocenters. The largest absolute Gasteiger partial charge is 0.348 e. The van der Waals surface area contributed by atoms with Gasteiger partial charge in [0.15, 0.2) is 11.6 Å². The quantitative estimate of drug-likeness (QED) is 0.436. The van der Waals surface area contributed by atoms with Crippen LogP contribution in [0.5, 0.6) is 0 Å². The van der Waals surface area contributed by atoms with Gasteiger partial charge in [-0.2, -0.15) is 0 Å². The molecule has 0 spiro atoms. The van der Waals surface area contributed by atoms with Gasteiger partial charge in [0, 0.05) is 37.4 Å². The summed E-state index contributed by atoms with van der Waals surface area (Å²) in [6.45, 7) is 3.83. The van der Waals surface area contributed by atoms with Crippen molar-refractivity contribution in [2.24, 2.45) is 0 Å². The Labute approximate surface area is 208 Å². The number of fused-ring (bicyclic) bond motifs is 1. The molecule has 2 heterocycles. The molecule has 0 unspecified atom stereocenters. The predicted octanol–water partition coefficient (Wildman–Crippen LogP) is 4.00. The number of amides is 2. The molecule has 182 valence electrons. The van der Waals surface area contributed by atoms with E-state index in [9.17, 15) is 14.4 Å². The van der Waals surface area contributed by atoms with Gasteiger partial charge in [-0.25, -0.2) is 9.78 Å². The van der Waals surface area contributed by atoms with Crippen LogP contribution in [0, 0.1) is 0 Å². The van der Waals surface area contributed by atoms with Crippen LogP contribution in [0.2, 0.25) is 0 Å². The maximum atomic E-state index is 13.6. The summed E-state index contributed by atoms with van der Waals surface area (Å²) in [5.74, 6) is 0.347. The van der Waals surface area contributed by atoms with Crippen LogP contribution in [0.25, 0.3) is 11.0 Å². The van der Waals surface area contributed by atoms with Crippen molar-refractivity contribution in [3.8, 4) is 0 Å². The van der Waals surface area contributed by atoms with Crippen LogP contribution in [-0.4, -0.2) is 52.4 Å². The first-order valence-corrected chi connectivity index (χ1v) is 11.9. The van der Waals surface area contributed by atoms with Gasteiger partial charge in [0.1, 0.15) is 0 Å². The second-order valence-corrected chi connectivity index (χ2v) is 8.84. The summed E-state index contributed by atoms with van der Waals surface area (Å²) in [6.07, 6.45) is 0. The average Bonchev–Trinajstić information content (AvgIpc) is 2.91. The van der Waals surface area contributed by atoms with Crippen molar-refractivity contribution in [2.45, 2.75) is 13.5 Å². The number of rotatable bonds is 5. The molecular formula is C28H27N5O3. The van der Waals surface area contributed by atoms with Crippen LogP contribution in [0.15, 0.2) is 83.7 Å². The van der Waals surface area contributed by atoms with Gasteiger partial charge in [0.05, 0.1) is 17.6 Å². The third-order valence-electron chi connectivity index (χ3n) is 6.41. The number of nitrogens with zero attached hydrogens (tertiary/aromatic N) is 4. The first-order chi connectivity index (χ1) is 17.5. The molecule has 0 saturated carbocycles. The number of Topliss-reactive ketones (excluding diaryl/α,β-unsaturated/α-hetero) is 1. The predicted molar refractivity (Wildman–Crippen MR) is 141 cm³/mol. The van der Waals surface area contributed by atoms with Crippen LogP contribution in [-0.2, 0) is 6.54 Å². The highest BCUT2D eigenvalue weighted by Gasteiger charge is 2.25. The molecule has 3 aromatic carbocycles. The minimum Gasteiger partial charge on any atom is -0.348 e. The molecule has 0 aliphatic carbocycles. The van der Waals surface area contributed by atoms with E-state index in [2.05, 4.69) is 5.32 Å². The molecule has 1 aromatic heterocycles. The van der Waals surface area contributed by atoms with Crippen molar-refractivity contribution < 1.29 is 9.59 Å². The summed E-state index contributed by atoms with van der Waals surface area (Å²) >= 11 is 0. The minimum atomic E-state index is -0.233. The van der Waals surface area contributed by atoms with E-state index in [1.165, 1.54) is 6.92 Å². The minimum absolute atomic E-state index is 0.0551. The zero-order chi connectivity index (χ0) is 25.1. The monoisotopic (exact) mass is 481 g/mol. The maximum Gasteiger partial charge on any atom is 0.321 e. The van der Waals surface area contributed by atoms with Crippen LogP contribution in [0.4, 0.5) is 16.3 Å². The van der Waals surface area contributed by atoms with Crippen molar-refractivity contribution in [1.29, 1.82) is 0 Å². The van der Waals surface area contributed by atoms with E-state index in [0.717, 1.165) is 16.6 Å². The number of aromatic nitrogens is 2. The molecule has 1 fully saturated rings. The van der Waals surface area contributed by atoms with Crippen molar-refractivity contribution in [2.75, 3.05) is 36.4 Å². The molecule has 1 aliphatic rings. The standard InChI is InChI=1S/C28H27N5O3/c1-20(34)22-10-7-11-23(18-22)29-28(36)32-16-14-31(15-17-32)26-27(35)33(19-21-8-3-2-4-9-21)25-13-6-5-12-24(25)30-26/h2-13,18H,14-17,19H2,1H3,(H,29,36). The summed E-state index contributed by atoms with van der Waals surface area (Å²) in [5.41, 5.74) is 3.57. The van der Waals surface area contributed by atoms with Gasteiger partial charge < -0.3 is 15.1 Å². The van der Waals surface area contributed by atoms with Crippen molar-refractivity contribution in [3.05, 3.63) is 100 Å². The van der Waals surface area contributed by atoms with Gasteiger partial charge in [0.2, 0.25) is 0 Å². The van der Waals surface area contributed by atoms with Crippen molar-refractivity contribution in [3.63, 3.8) is 0 Å². The van der Waals surface area contributed by atoms with Crippen molar-refractivity contribution >= 4 is 34.4 Å². The third kappa shape index (κ3) is 4.84. The smallest absolute Gasteiger partial charge is 0.321 e. The molecule has 0 radical (unpaired) electrons. The highest BCUT2D eigenvalue weighted by Crippen LogP contribution is 2.18. The fraction of sp³-hybridized carbons (Fsp3) is 0.214. The Bertz CT molecular complexity index is 1470. The lowest BCUT2D eigenvalue weighted by Gasteiger charge is -2.35. The first kappa shape index (κ1) is 23.3. The Morgan fingerprint density at radius 2 is 1.61 bits per heavy atom. The third-order valence-corrected chi connectivity index (χ3v) is 6.41. The molecule has 2 amide bonds. The summed E-state index contributed by atoms with van der Waals surface area (Å²) in [6, 6.07) is 24.2. The van der Waals surface area contributed by atoms with Gasteiger partial charge in [0.25, 0.3) is 5.56 Å². The number of piperazine rings is 1. The maximum absolute atomic E-state index is 13.6. The number of hydrogen-bond acceptors (Lipinski definition) is 5. The number of carbonyl (C=O) groups excluding carboxylic acids is 2. The van der Waals surface area contributed by atoms with Crippen LogP contribution in [0.3, 0.4) is 0 Å². The Kier molecular flexibility index (Phi) is 6.49. The first-order valence-electron chi connectivity index (χ1n) is 11.9. The zero-order valence-electron chi connectivity index (χ0n) is 20.1. The van der Waals surface area contributed by atoms with E-state index < -0.39 is 0 Å². The summed E-state index contributed by atoms with van der Waals surface area (Å²) in [4.78, 5) is 46.4. The molecule has 1 saturated heterocycles. The molecule has 8 nitrogen and oxygen atoms in total. The Hall–Kier alpha value is -4.46. The number of nitrogens with one attached hydrogen (secondary N) is 1. The van der Waals surface area contributed by atoms with Crippen molar-refractivity contribution in [1.82, 2.24) is 14.5 Å². The summed E-state index contributed by atoms with van der Waals surface area (Å²) < 4.78 is 1.77. The number of anilines is 2. The highest BCUT2D eigenvalue weighted by atomic mass is 16.2. The van der Waals surface area contributed by atoms with E-state index in [-0.39, 0.29) is 17.4 Å². The van der Waals surface area contributed by atoms with E-state index in [0.29, 0.717) is 49.8 Å². The van der Waals surface area contributed by atoms with Gasteiger partial charge in [-0.15, -0.1) is 0 Å². The highest BCUT2D eigenvalue weighted by molar-refractivity contribution is 5.96. The molecular weight excluding hydrogens is 454 g/mol. The molecule has 8 heteroatoms. The summed E-state index contributed by atoms with van der Waals surface area (Å²) in [5, 5.41) is 2.87. The molecule has 5 rings (SSSR count). The Morgan fingerprint density at radius 1 is 0.889 bits per heavy atom. The Morgan fingerprint density at radius 3 is 2.36 bits per heavy atom. The molecule has 4 aromatic rings. The second-order valence-electron chi connectivity index (χ2n) is 8.84. The Balaban J connectivity index is 1.34. The molecule has 0 bridgehead atoms. The molecule has 1 aliphatic heterocycles. The van der Waals surface area contributed by atoms with Gasteiger partial charge in [-0.3, -0.25) is 14.2 Å². The van der Waals surface area contributed by atoms with Gasteiger partial charge in [-0.1, -0.05) is 54.6 Å². The van der Waals surface area contributed by atoms with E-state index >= 15 is 0 Å². The lowest BCUT2D eigenvalue weighted by Crippen LogP contribution is -2.51. The number of benzene rings is 3. The number of urea groups is 1. The van der Waals surface area contributed by atoms with Crippen LogP contribution in [0.1, 0.15) is 22.8 Å². The van der Waals surface area contributed by atoms with Gasteiger partial charge >= 0.3 is 6.03 Å². The average molecular weight is 482 g/mol. The van der Waals surface area contributed by atoms with E-state index in [1.54, 1.807) is 33.7 Å². The number of ketones is 1. The van der Waals surface area contributed by atoms with Gasteiger partial charge in [-0.05, 0) is 36.8 Å². The van der Waals surface area contributed by atoms with Crippen LogP contribution < -0.4 is 15.8 Å². The normalized spacial score (nSPS) is 13.6. The fourth-order valence-electron chi connectivity index (χ4n) is 4.45. The second kappa shape index (κ2) is 10.0. The summed E-state index contributed by atoms with van der Waals surface area (Å²) in [7, 11) is 0. The van der Waals surface area contributed by atoms with Crippen LogP contribution >= 0.6 is 0 Å². The molecule has 1 N–H and O–H groups in total. The number of para-hydroxylation sites is 2. The number of hydrogen-bond donors (Lipinski definition) is 1. The van der Waals surface area contributed by atoms with E-state index in [1.807, 2.05) is 59.5 Å². The fourth-order valence-corrected chi connectivity index (χ4v) is 4.45. The zero-order valence-corrected chi connectivity index (χ0v) is 20.1. The molecule has 36 heavy (non-hydrogen) atoms. The van der Waals surface area contributed by atoms with E-state index in [4.69, 9.17) is 4.98 Å². The SMILES string of the molecule is CC(=O)c1cccc(NC(=O)N2CCN(c3nc4ccccc4n(Cc4ccccc4)c3=O)CC2)c1. The number of carbonyl (C=O) groups is 2. The lowest BCUT2D eigenvalue weighted by molar-refractivity contribution is 0.101. The lowest BCUT2D eigenvalue weighted by atomic mass is 10.1.